The van der Waals surface area contributed by atoms with Crippen LogP contribution in [-0.4, -0.2) is 12.5 Å². The van der Waals surface area contributed by atoms with E-state index in [2.05, 4.69) is 23.5 Å². The molecule has 0 saturated heterocycles. The summed E-state index contributed by atoms with van der Waals surface area (Å²) in [4.78, 5) is 12.1. The van der Waals surface area contributed by atoms with Crippen LogP contribution in [0.1, 0.15) is 36.8 Å². The molecule has 1 aliphatic heterocycles. The molecule has 3 rings (SSSR count). The van der Waals surface area contributed by atoms with Gasteiger partial charge in [-0.15, -0.1) is 0 Å². The Hall–Kier alpha value is -1.77. The molecule has 1 aromatic rings. The minimum Gasteiger partial charge on any atom is -0.493 e. The highest BCUT2D eigenvalue weighted by Crippen LogP contribution is 2.25. The van der Waals surface area contributed by atoms with Crippen molar-refractivity contribution in [3.63, 3.8) is 0 Å². The summed E-state index contributed by atoms with van der Waals surface area (Å²) in [5, 5.41) is 3.06. The molecule has 0 fully saturated rings. The number of benzene rings is 1. The minimum atomic E-state index is 0.154. The molecule has 3 nitrogen and oxygen atoms in total. The molecule has 1 heterocycles. The summed E-state index contributed by atoms with van der Waals surface area (Å²) in [7, 11) is 0. The Morgan fingerprint density at radius 3 is 3.15 bits per heavy atom. The second kappa shape index (κ2) is 6.12. The summed E-state index contributed by atoms with van der Waals surface area (Å²) < 4.78 is 5.60. The van der Waals surface area contributed by atoms with E-state index >= 15 is 0 Å². The van der Waals surface area contributed by atoms with Gasteiger partial charge in [-0.2, -0.15) is 0 Å². The summed E-state index contributed by atoms with van der Waals surface area (Å²) in [5.41, 5.74) is 2.43. The SMILES string of the molecule is O=C(NCc1ccc2c(c1)CCCO2)C1CC=CCC1. The van der Waals surface area contributed by atoms with Gasteiger partial charge in [-0.25, -0.2) is 0 Å². The van der Waals surface area contributed by atoms with Crippen LogP contribution in [0, 0.1) is 5.92 Å². The topological polar surface area (TPSA) is 38.3 Å². The Balaban J connectivity index is 1.58. The third-order valence-corrected chi connectivity index (χ3v) is 4.08. The number of ether oxygens (including phenoxy) is 1. The number of hydrogen-bond acceptors (Lipinski definition) is 2. The Morgan fingerprint density at radius 2 is 2.30 bits per heavy atom. The molecule has 1 unspecified atom stereocenters. The first kappa shape index (κ1) is 13.2. The van der Waals surface area contributed by atoms with Gasteiger partial charge in [0, 0.05) is 12.5 Å². The van der Waals surface area contributed by atoms with Crippen molar-refractivity contribution in [2.45, 2.75) is 38.6 Å². The summed E-state index contributed by atoms with van der Waals surface area (Å²) in [6.07, 6.45) is 9.30. The summed E-state index contributed by atoms with van der Waals surface area (Å²) in [5.74, 6) is 1.34. The number of carbonyl (C=O) groups is 1. The van der Waals surface area contributed by atoms with Crippen LogP contribution in [0.4, 0.5) is 0 Å². The van der Waals surface area contributed by atoms with Gasteiger partial charge in [-0.1, -0.05) is 24.3 Å². The molecule has 1 atom stereocenters. The quantitative estimate of drug-likeness (QED) is 0.858. The number of fused-ring (bicyclic) bond motifs is 1. The maximum absolute atomic E-state index is 12.1. The van der Waals surface area contributed by atoms with Crippen LogP contribution in [-0.2, 0) is 17.8 Å². The third-order valence-electron chi connectivity index (χ3n) is 4.08. The predicted molar refractivity (Wildman–Crippen MR) is 78.6 cm³/mol. The van der Waals surface area contributed by atoms with Crippen molar-refractivity contribution in [1.82, 2.24) is 5.32 Å². The molecule has 3 heteroatoms. The highest BCUT2D eigenvalue weighted by molar-refractivity contribution is 5.79. The van der Waals surface area contributed by atoms with E-state index in [9.17, 15) is 4.79 Å². The van der Waals surface area contributed by atoms with Crippen molar-refractivity contribution < 1.29 is 9.53 Å². The van der Waals surface area contributed by atoms with Gasteiger partial charge in [0.2, 0.25) is 5.91 Å². The van der Waals surface area contributed by atoms with E-state index in [1.807, 2.05) is 12.1 Å². The van der Waals surface area contributed by atoms with Crippen LogP contribution in [0.15, 0.2) is 30.4 Å². The lowest BCUT2D eigenvalue weighted by Crippen LogP contribution is -2.30. The van der Waals surface area contributed by atoms with Crippen molar-refractivity contribution in [2.75, 3.05) is 6.61 Å². The van der Waals surface area contributed by atoms with E-state index in [1.54, 1.807) is 0 Å². The summed E-state index contributed by atoms with van der Waals surface area (Å²) in [6, 6.07) is 6.24. The van der Waals surface area contributed by atoms with Gasteiger partial charge in [0.05, 0.1) is 6.61 Å². The van der Waals surface area contributed by atoms with Gasteiger partial charge >= 0.3 is 0 Å². The zero-order valence-electron chi connectivity index (χ0n) is 11.7. The molecule has 0 aromatic heterocycles. The van der Waals surface area contributed by atoms with Crippen molar-refractivity contribution in [2.24, 2.45) is 5.92 Å². The molecule has 1 amide bonds. The number of hydrogen-bond donors (Lipinski definition) is 1. The summed E-state index contributed by atoms with van der Waals surface area (Å²) >= 11 is 0. The second-order valence-electron chi connectivity index (χ2n) is 5.59. The first-order valence-corrected chi connectivity index (χ1v) is 7.50. The number of aryl methyl sites for hydroxylation is 1. The molecule has 1 N–H and O–H groups in total. The molecule has 20 heavy (non-hydrogen) atoms. The average Bonchev–Trinajstić information content (AvgIpc) is 2.53. The van der Waals surface area contributed by atoms with Crippen LogP contribution in [0.3, 0.4) is 0 Å². The number of carbonyl (C=O) groups excluding carboxylic acids is 1. The van der Waals surface area contributed by atoms with Crippen LogP contribution in [0.25, 0.3) is 0 Å². The van der Waals surface area contributed by atoms with Crippen molar-refractivity contribution in [3.8, 4) is 5.75 Å². The normalized spacial score (nSPS) is 20.9. The van der Waals surface area contributed by atoms with E-state index in [0.29, 0.717) is 6.54 Å². The highest BCUT2D eigenvalue weighted by Gasteiger charge is 2.18. The molecular formula is C17H21NO2. The van der Waals surface area contributed by atoms with Gasteiger partial charge in [0.1, 0.15) is 5.75 Å². The Labute approximate surface area is 120 Å². The van der Waals surface area contributed by atoms with Gasteiger partial charge in [0.15, 0.2) is 0 Å². The highest BCUT2D eigenvalue weighted by atomic mass is 16.5. The van der Waals surface area contributed by atoms with Crippen LogP contribution in [0.2, 0.25) is 0 Å². The van der Waals surface area contributed by atoms with Gasteiger partial charge in [0.25, 0.3) is 0 Å². The first-order valence-electron chi connectivity index (χ1n) is 7.50. The molecule has 0 radical (unpaired) electrons. The summed E-state index contributed by atoms with van der Waals surface area (Å²) in [6.45, 7) is 1.44. The molecule has 0 spiro atoms. The lowest BCUT2D eigenvalue weighted by Gasteiger charge is -2.19. The lowest BCUT2D eigenvalue weighted by atomic mass is 9.93. The van der Waals surface area contributed by atoms with E-state index in [1.165, 1.54) is 5.56 Å². The van der Waals surface area contributed by atoms with E-state index in [0.717, 1.165) is 50.0 Å². The zero-order chi connectivity index (χ0) is 13.8. The van der Waals surface area contributed by atoms with E-state index < -0.39 is 0 Å². The van der Waals surface area contributed by atoms with E-state index in [-0.39, 0.29) is 11.8 Å². The standard InChI is InChI=1S/C17H21NO2/c19-17(14-5-2-1-3-6-14)18-12-13-8-9-16-15(11-13)7-4-10-20-16/h1-2,8-9,11,14H,3-7,10,12H2,(H,18,19). The second-order valence-corrected chi connectivity index (χ2v) is 5.59. The number of nitrogens with one attached hydrogen (secondary N) is 1. The Bertz CT molecular complexity index is 522. The van der Waals surface area contributed by atoms with E-state index in [4.69, 9.17) is 4.74 Å². The molecule has 1 aliphatic carbocycles. The van der Waals surface area contributed by atoms with Gasteiger partial charge in [-0.3, -0.25) is 4.79 Å². The fourth-order valence-electron chi connectivity index (χ4n) is 2.89. The smallest absolute Gasteiger partial charge is 0.223 e. The van der Waals surface area contributed by atoms with Crippen molar-refractivity contribution in [3.05, 3.63) is 41.5 Å². The molecular weight excluding hydrogens is 250 g/mol. The fourth-order valence-corrected chi connectivity index (χ4v) is 2.89. The Kier molecular flexibility index (Phi) is 4.05. The average molecular weight is 271 g/mol. The van der Waals surface area contributed by atoms with Gasteiger partial charge < -0.3 is 10.1 Å². The monoisotopic (exact) mass is 271 g/mol. The molecule has 106 valence electrons. The van der Waals surface area contributed by atoms with Crippen LogP contribution in [0.5, 0.6) is 5.75 Å². The minimum absolute atomic E-state index is 0.154. The van der Waals surface area contributed by atoms with Gasteiger partial charge in [-0.05, 0) is 49.3 Å². The molecule has 0 bridgehead atoms. The van der Waals surface area contributed by atoms with Crippen LogP contribution < -0.4 is 10.1 Å². The van der Waals surface area contributed by atoms with Crippen molar-refractivity contribution in [1.29, 1.82) is 0 Å². The molecule has 1 aromatic carbocycles. The molecule has 0 saturated carbocycles. The largest absolute Gasteiger partial charge is 0.493 e. The zero-order valence-corrected chi connectivity index (χ0v) is 11.7. The first-order chi connectivity index (χ1) is 9.83. The Morgan fingerprint density at radius 1 is 1.35 bits per heavy atom. The maximum Gasteiger partial charge on any atom is 0.223 e. The number of rotatable bonds is 3. The maximum atomic E-state index is 12.1. The molecule has 2 aliphatic rings. The predicted octanol–water partition coefficient (Wildman–Crippen LogP) is 2.98. The van der Waals surface area contributed by atoms with Crippen molar-refractivity contribution >= 4 is 5.91 Å². The lowest BCUT2D eigenvalue weighted by molar-refractivity contribution is -0.125. The van der Waals surface area contributed by atoms with Crippen LogP contribution >= 0.6 is 0 Å². The fraction of sp³-hybridized carbons (Fsp3) is 0.471. The third kappa shape index (κ3) is 3.03. The number of allylic oxidation sites excluding steroid dienone is 2. The number of amides is 1.